The second-order valence-corrected chi connectivity index (χ2v) is 2.37. The van der Waals surface area contributed by atoms with Crippen LogP contribution < -0.4 is 0 Å². The summed E-state index contributed by atoms with van der Waals surface area (Å²) in [7, 11) is 0. The zero-order valence-corrected chi connectivity index (χ0v) is 7.30. The number of unbranched alkanes of at least 4 members (excludes halogenated alkanes) is 1. The summed E-state index contributed by atoms with van der Waals surface area (Å²) in [4.78, 5) is 10.4. The fraction of sp³-hybridized carbons (Fsp3) is 0.667. The molecule has 2 heteroatoms. The third kappa shape index (κ3) is 5.64. The summed E-state index contributed by atoms with van der Waals surface area (Å²) < 4.78 is 4.99. The minimum absolute atomic E-state index is 0.628. The quantitative estimate of drug-likeness (QED) is 0.335. The van der Waals surface area contributed by atoms with Gasteiger partial charge < -0.3 is 4.74 Å². The van der Waals surface area contributed by atoms with Crippen LogP contribution in [0.3, 0.4) is 0 Å². The van der Waals surface area contributed by atoms with Gasteiger partial charge in [-0.25, -0.2) is 0 Å². The molecule has 0 aromatic rings. The summed E-state index contributed by atoms with van der Waals surface area (Å²) >= 11 is 0. The van der Waals surface area contributed by atoms with E-state index in [-0.39, 0.29) is 0 Å². The van der Waals surface area contributed by atoms with Gasteiger partial charge in [-0.1, -0.05) is 13.3 Å². The molecule has 0 unspecified atom stereocenters. The van der Waals surface area contributed by atoms with Crippen molar-refractivity contribution in [1.29, 1.82) is 0 Å². The number of rotatable bonds is 6. The summed E-state index contributed by atoms with van der Waals surface area (Å²) in [5.74, 6) is 0. The maximum Gasteiger partial charge on any atom is 0.149 e. The van der Waals surface area contributed by atoms with Gasteiger partial charge in [0.05, 0.1) is 12.9 Å². The number of carbonyl (C=O) groups is 1. The van der Waals surface area contributed by atoms with Crippen molar-refractivity contribution in [3.8, 4) is 0 Å². The number of carbonyl (C=O) groups excluding carboxylic acids is 1. The van der Waals surface area contributed by atoms with Gasteiger partial charge in [0.25, 0.3) is 0 Å². The van der Waals surface area contributed by atoms with Crippen molar-refractivity contribution in [3.05, 3.63) is 11.8 Å². The van der Waals surface area contributed by atoms with E-state index in [0.717, 1.165) is 31.1 Å². The van der Waals surface area contributed by atoms with Gasteiger partial charge in [0.15, 0.2) is 0 Å². The Kier molecular flexibility index (Phi) is 6.79. The highest BCUT2D eigenvalue weighted by Crippen LogP contribution is 2.04. The Labute approximate surface area is 68.2 Å². The minimum Gasteiger partial charge on any atom is -0.501 e. The van der Waals surface area contributed by atoms with E-state index in [2.05, 4.69) is 6.92 Å². The van der Waals surface area contributed by atoms with Gasteiger partial charge in [0.1, 0.15) is 6.29 Å². The SMILES string of the molecule is CCCCC(C=O)=COCC. The van der Waals surface area contributed by atoms with Crippen LogP contribution in [0.25, 0.3) is 0 Å². The summed E-state index contributed by atoms with van der Waals surface area (Å²) in [5, 5.41) is 0. The maximum absolute atomic E-state index is 10.4. The van der Waals surface area contributed by atoms with Crippen molar-refractivity contribution in [2.45, 2.75) is 33.1 Å². The highest BCUT2D eigenvalue weighted by molar-refractivity contribution is 5.72. The molecule has 0 rings (SSSR count). The van der Waals surface area contributed by atoms with Crippen LogP contribution in [-0.2, 0) is 9.53 Å². The van der Waals surface area contributed by atoms with Crippen molar-refractivity contribution in [2.75, 3.05) is 6.61 Å². The number of ether oxygens (including phenoxy) is 1. The predicted molar refractivity (Wildman–Crippen MR) is 45.3 cm³/mol. The van der Waals surface area contributed by atoms with Crippen LogP contribution in [0.2, 0.25) is 0 Å². The Morgan fingerprint density at radius 2 is 2.18 bits per heavy atom. The van der Waals surface area contributed by atoms with Gasteiger partial charge in [-0.05, 0) is 19.8 Å². The smallest absolute Gasteiger partial charge is 0.149 e. The number of hydrogen-bond acceptors (Lipinski definition) is 2. The third-order valence-electron chi connectivity index (χ3n) is 1.37. The normalized spacial score (nSPS) is 11.3. The number of allylic oxidation sites excluding steroid dienone is 1. The van der Waals surface area contributed by atoms with E-state index < -0.39 is 0 Å². The first kappa shape index (κ1) is 10.2. The van der Waals surface area contributed by atoms with Gasteiger partial charge in [0, 0.05) is 5.57 Å². The van der Waals surface area contributed by atoms with E-state index in [1.54, 1.807) is 6.26 Å². The van der Waals surface area contributed by atoms with Crippen molar-refractivity contribution in [3.63, 3.8) is 0 Å². The van der Waals surface area contributed by atoms with E-state index in [1.807, 2.05) is 6.92 Å². The van der Waals surface area contributed by atoms with Crippen LogP contribution >= 0.6 is 0 Å². The van der Waals surface area contributed by atoms with E-state index in [9.17, 15) is 4.79 Å². The lowest BCUT2D eigenvalue weighted by Crippen LogP contribution is -1.88. The summed E-state index contributed by atoms with van der Waals surface area (Å²) in [6, 6.07) is 0. The van der Waals surface area contributed by atoms with Gasteiger partial charge in [-0.15, -0.1) is 0 Å². The predicted octanol–water partition coefficient (Wildman–Crippen LogP) is 2.30. The standard InChI is InChI=1S/C9H16O2/c1-3-5-6-9(7-10)8-11-4-2/h7-8H,3-6H2,1-2H3. The summed E-state index contributed by atoms with van der Waals surface area (Å²) in [5.41, 5.74) is 0.758. The first-order valence-corrected chi connectivity index (χ1v) is 4.11. The monoisotopic (exact) mass is 156 g/mol. The molecule has 0 saturated carbocycles. The molecular formula is C9H16O2. The average molecular weight is 156 g/mol. The molecule has 0 aromatic carbocycles. The van der Waals surface area contributed by atoms with Crippen LogP contribution in [0.1, 0.15) is 33.1 Å². The molecule has 0 aliphatic carbocycles. The lowest BCUT2D eigenvalue weighted by Gasteiger charge is -1.98. The molecule has 0 spiro atoms. The molecule has 0 aromatic heterocycles. The first-order chi connectivity index (χ1) is 5.35. The molecule has 0 N–H and O–H groups in total. The van der Waals surface area contributed by atoms with E-state index >= 15 is 0 Å². The highest BCUT2D eigenvalue weighted by atomic mass is 16.5. The fourth-order valence-corrected chi connectivity index (χ4v) is 0.717. The zero-order valence-electron chi connectivity index (χ0n) is 7.30. The van der Waals surface area contributed by atoms with Crippen molar-refractivity contribution in [2.24, 2.45) is 0 Å². The molecule has 0 aliphatic heterocycles. The summed E-state index contributed by atoms with van der Waals surface area (Å²) in [6.45, 7) is 4.63. The van der Waals surface area contributed by atoms with E-state index in [0.29, 0.717) is 6.61 Å². The molecule has 64 valence electrons. The third-order valence-corrected chi connectivity index (χ3v) is 1.37. The molecule has 0 bridgehead atoms. The second-order valence-electron chi connectivity index (χ2n) is 2.37. The molecule has 0 atom stereocenters. The number of aldehydes is 1. The van der Waals surface area contributed by atoms with Crippen molar-refractivity contribution < 1.29 is 9.53 Å². The Bertz CT molecular complexity index is 128. The molecule has 0 saturated heterocycles. The van der Waals surface area contributed by atoms with E-state index in [1.165, 1.54) is 0 Å². The summed E-state index contributed by atoms with van der Waals surface area (Å²) in [6.07, 6.45) is 5.42. The molecule has 0 amide bonds. The Morgan fingerprint density at radius 1 is 1.45 bits per heavy atom. The van der Waals surface area contributed by atoms with Crippen LogP contribution in [0.5, 0.6) is 0 Å². The highest BCUT2D eigenvalue weighted by Gasteiger charge is 1.93. The number of hydrogen-bond donors (Lipinski definition) is 0. The lowest BCUT2D eigenvalue weighted by molar-refractivity contribution is -0.105. The average Bonchev–Trinajstić information content (AvgIpc) is 2.05. The molecule has 0 aliphatic rings. The molecule has 0 heterocycles. The minimum atomic E-state index is 0.628. The van der Waals surface area contributed by atoms with E-state index in [4.69, 9.17) is 4.74 Å². The zero-order chi connectivity index (χ0) is 8.53. The van der Waals surface area contributed by atoms with Crippen LogP contribution in [-0.4, -0.2) is 12.9 Å². The Hall–Kier alpha value is -0.790. The Balaban J connectivity index is 3.64. The van der Waals surface area contributed by atoms with Gasteiger partial charge in [-0.3, -0.25) is 4.79 Å². The topological polar surface area (TPSA) is 26.3 Å². The van der Waals surface area contributed by atoms with Crippen molar-refractivity contribution >= 4 is 6.29 Å². The second kappa shape index (κ2) is 7.32. The van der Waals surface area contributed by atoms with Crippen LogP contribution in [0.15, 0.2) is 11.8 Å². The first-order valence-electron chi connectivity index (χ1n) is 4.11. The fourth-order valence-electron chi connectivity index (χ4n) is 0.717. The molecule has 11 heavy (non-hydrogen) atoms. The Morgan fingerprint density at radius 3 is 2.64 bits per heavy atom. The van der Waals surface area contributed by atoms with Gasteiger partial charge >= 0.3 is 0 Å². The lowest BCUT2D eigenvalue weighted by atomic mass is 10.1. The van der Waals surface area contributed by atoms with Crippen LogP contribution in [0, 0.1) is 0 Å². The molecule has 0 radical (unpaired) electrons. The van der Waals surface area contributed by atoms with Gasteiger partial charge in [0.2, 0.25) is 0 Å². The maximum atomic E-state index is 10.4. The van der Waals surface area contributed by atoms with Crippen molar-refractivity contribution in [1.82, 2.24) is 0 Å². The molecule has 2 nitrogen and oxygen atoms in total. The van der Waals surface area contributed by atoms with Gasteiger partial charge in [-0.2, -0.15) is 0 Å². The largest absolute Gasteiger partial charge is 0.501 e. The van der Waals surface area contributed by atoms with Crippen LogP contribution in [0.4, 0.5) is 0 Å². The molecular weight excluding hydrogens is 140 g/mol. The molecule has 0 fully saturated rings.